The van der Waals surface area contributed by atoms with Crippen LogP contribution >= 0.6 is 0 Å². The molecule has 0 aromatic carbocycles. The second-order valence-electron chi connectivity index (χ2n) is 7.82. The zero-order valence-electron chi connectivity index (χ0n) is 13.1. The molecule has 0 atom stereocenters. The second kappa shape index (κ2) is 4.46. The molecule has 7 heteroatoms. The summed E-state index contributed by atoms with van der Waals surface area (Å²) in [5.41, 5.74) is -0.431. The summed E-state index contributed by atoms with van der Waals surface area (Å²) in [5, 5.41) is 2.47. The van der Waals surface area contributed by atoms with E-state index < -0.39 is 5.54 Å². The van der Waals surface area contributed by atoms with Crippen molar-refractivity contribution in [2.24, 2.45) is 5.41 Å². The molecule has 1 N–H and O–H groups in total. The Labute approximate surface area is 134 Å². The Balaban J connectivity index is 1.26. The molecular weight excluding hydrogens is 300 g/mol. The van der Waals surface area contributed by atoms with Crippen LogP contribution in [0.2, 0.25) is 0 Å². The molecule has 5 fully saturated rings. The molecule has 0 aromatic heterocycles. The van der Waals surface area contributed by atoms with Gasteiger partial charge in [-0.05, 0) is 31.1 Å². The maximum absolute atomic E-state index is 12.2. The van der Waals surface area contributed by atoms with E-state index in [4.69, 9.17) is 14.2 Å². The third-order valence-electron chi connectivity index (χ3n) is 6.59. The van der Waals surface area contributed by atoms with Gasteiger partial charge in [0.1, 0.15) is 0 Å². The van der Waals surface area contributed by atoms with Gasteiger partial charge in [0.05, 0.1) is 26.4 Å². The number of amides is 3. The zero-order chi connectivity index (χ0) is 15.7. The highest BCUT2D eigenvalue weighted by atomic mass is 16.7. The molecule has 3 aliphatic heterocycles. The molecule has 3 spiro atoms. The topological polar surface area (TPSA) is 77.1 Å². The number of ether oxygens (including phenoxy) is 3. The van der Waals surface area contributed by atoms with E-state index in [2.05, 4.69) is 5.32 Å². The van der Waals surface area contributed by atoms with Crippen LogP contribution in [-0.2, 0) is 19.0 Å². The van der Waals surface area contributed by atoms with Crippen LogP contribution in [0.25, 0.3) is 0 Å². The SMILES string of the molecule is O=C1NC(=O)C2(COC2)N1C1CC2(CCC3(CC2)OCCO3)C1. The van der Waals surface area contributed by atoms with Gasteiger partial charge >= 0.3 is 6.03 Å². The number of carbonyl (C=O) groups is 2. The average molecular weight is 322 g/mol. The Morgan fingerprint density at radius 3 is 2.22 bits per heavy atom. The van der Waals surface area contributed by atoms with Gasteiger partial charge in [0.2, 0.25) is 0 Å². The molecule has 3 heterocycles. The number of nitrogens with one attached hydrogen (secondary N) is 1. The minimum absolute atomic E-state index is 0.157. The zero-order valence-corrected chi connectivity index (χ0v) is 13.1. The van der Waals surface area contributed by atoms with Crippen molar-refractivity contribution in [3.05, 3.63) is 0 Å². The molecule has 3 saturated heterocycles. The molecule has 0 aromatic rings. The van der Waals surface area contributed by atoms with Gasteiger partial charge in [0.25, 0.3) is 5.91 Å². The van der Waals surface area contributed by atoms with Crippen LogP contribution in [0.15, 0.2) is 0 Å². The summed E-state index contributed by atoms with van der Waals surface area (Å²) in [6.07, 6.45) is 6.00. The van der Waals surface area contributed by atoms with Crippen molar-refractivity contribution < 1.29 is 23.8 Å². The first-order valence-corrected chi connectivity index (χ1v) is 8.57. The van der Waals surface area contributed by atoms with E-state index in [-0.39, 0.29) is 23.8 Å². The summed E-state index contributed by atoms with van der Waals surface area (Å²) in [5.74, 6) is -0.523. The third kappa shape index (κ3) is 1.81. The van der Waals surface area contributed by atoms with Crippen LogP contribution in [0.1, 0.15) is 38.5 Å². The van der Waals surface area contributed by atoms with E-state index in [1.165, 1.54) is 0 Å². The number of nitrogens with zero attached hydrogens (tertiary/aromatic N) is 1. The molecule has 2 aliphatic carbocycles. The molecule has 3 amide bonds. The first-order valence-electron chi connectivity index (χ1n) is 8.57. The molecule has 23 heavy (non-hydrogen) atoms. The third-order valence-corrected chi connectivity index (χ3v) is 6.59. The first kappa shape index (κ1) is 14.2. The predicted molar refractivity (Wildman–Crippen MR) is 77.5 cm³/mol. The fraction of sp³-hybridized carbons (Fsp3) is 0.875. The van der Waals surface area contributed by atoms with Crippen molar-refractivity contribution in [3.8, 4) is 0 Å². The number of rotatable bonds is 1. The van der Waals surface area contributed by atoms with Crippen molar-refractivity contribution in [2.45, 2.75) is 55.9 Å². The lowest BCUT2D eigenvalue weighted by Gasteiger charge is -2.58. The minimum atomic E-state index is -0.725. The number of carbonyl (C=O) groups excluding carboxylic acids is 2. The molecule has 0 radical (unpaired) electrons. The lowest BCUT2D eigenvalue weighted by molar-refractivity contribution is -0.208. The fourth-order valence-corrected chi connectivity index (χ4v) is 5.14. The predicted octanol–water partition coefficient (Wildman–Crippen LogP) is 0.773. The van der Waals surface area contributed by atoms with E-state index in [9.17, 15) is 9.59 Å². The van der Waals surface area contributed by atoms with Crippen molar-refractivity contribution in [2.75, 3.05) is 26.4 Å². The van der Waals surface area contributed by atoms with Crippen LogP contribution in [0, 0.1) is 5.41 Å². The van der Waals surface area contributed by atoms with Crippen LogP contribution in [0.4, 0.5) is 4.79 Å². The molecule has 0 unspecified atom stereocenters. The van der Waals surface area contributed by atoms with Crippen molar-refractivity contribution in [3.63, 3.8) is 0 Å². The average Bonchev–Trinajstić information content (AvgIpc) is 3.00. The highest BCUT2D eigenvalue weighted by Crippen LogP contribution is 2.57. The smallest absolute Gasteiger partial charge is 0.325 e. The highest BCUT2D eigenvalue weighted by molar-refractivity contribution is 6.08. The number of imide groups is 1. The van der Waals surface area contributed by atoms with Gasteiger partial charge < -0.3 is 19.1 Å². The first-order chi connectivity index (χ1) is 11.1. The number of urea groups is 1. The van der Waals surface area contributed by atoms with E-state index in [1.807, 2.05) is 0 Å². The Morgan fingerprint density at radius 1 is 1.00 bits per heavy atom. The van der Waals surface area contributed by atoms with Crippen molar-refractivity contribution >= 4 is 11.9 Å². The Kier molecular flexibility index (Phi) is 2.75. The van der Waals surface area contributed by atoms with E-state index >= 15 is 0 Å². The van der Waals surface area contributed by atoms with Crippen molar-refractivity contribution in [1.82, 2.24) is 10.2 Å². The fourth-order valence-electron chi connectivity index (χ4n) is 5.14. The number of hydrogen-bond acceptors (Lipinski definition) is 5. The maximum atomic E-state index is 12.2. The number of hydrogen-bond donors (Lipinski definition) is 1. The van der Waals surface area contributed by atoms with Gasteiger partial charge in [0.15, 0.2) is 11.3 Å². The van der Waals surface area contributed by atoms with Gasteiger partial charge in [-0.2, -0.15) is 0 Å². The van der Waals surface area contributed by atoms with Gasteiger partial charge in [-0.15, -0.1) is 0 Å². The summed E-state index contributed by atoms with van der Waals surface area (Å²) in [6, 6.07) is -0.0855. The Morgan fingerprint density at radius 2 is 1.65 bits per heavy atom. The lowest BCUT2D eigenvalue weighted by Crippen LogP contribution is -2.69. The summed E-state index contributed by atoms with van der Waals surface area (Å²) >= 11 is 0. The van der Waals surface area contributed by atoms with E-state index in [0.29, 0.717) is 31.8 Å². The molecule has 5 aliphatic rings. The standard InChI is InChI=1S/C16H22N2O5/c19-12-15(9-21-10-15)18(13(20)17-12)11-7-14(8-11)1-3-16(4-2-14)22-5-6-23-16/h11H,1-10H2,(H,17,19,20). The quantitative estimate of drug-likeness (QED) is 0.722. The molecule has 7 nitrogen and oxygen atoms in total. The van der Waals surface area contributed by atoms with Gasteiger partial charge in [-0.25, -0.2) is 4.79 Å². The molecule has 5 rings (SSSR count). The van der Waals surface area contributed by atoms with E-state index in [1.54, 1.807) is 4.90 Å². The second-order valence-corrected chi connectivity index (χ2v) is 7.82. The molecular formula is C16H22N2O5. The summed E-state index contributed by atoms with van der Waals surface area (Å²) in [6.45, 7) is 2.07. The summed E-state index contributed by atoms with van der Waals surface area (Å²) < 4.78 is 16.8. The van der Waals surface area contributed by atoms with E-state index in [0.717, 1.165) is 38.5 Å². The van der Waals surface area contributed by atoms with Gasteiger partial charge in [0, 0.05) is 18.9 Å². The maximum Gasteiger partial charge on any atom is 0.325 e. The summed E-state index contributed by atoms with van der Waals surface area (Å²) in [4.78, 5) is 26.1. The molecule has 126 valence electrons. The van der Waals surface area contributed by atoms with Crippen LogP contribution in [-0.4, -0.2) is 60.6 Å². The van der Waals surface area contributed by atoms with Crippen LogP contribution in [0.3, 0.4) is 0 Å². The normalized spacial score (nSPS) is 34.0. The van der Waals surface area contributed by atoms with Crippen molar-refractivity contribution in [1.29, 1.82) is 0 Å². The van der Waals surface area contributed by atoms with Gasteiger partial charge in [-0.3, -0.25) is 10.1 Å². The lowest BCUT2D eigenvalue weighted by atomic mass is 9.56. The van der Waals surface area contributed by atoms with Crippen LogP contribution in [0.5, 0.6) is 0 Å². The largest absolute Gasteiger partial charge is 0.375 e. The minimum Gasteiger partial charge on any atom is -0.375 e. The highest BCUT2D eigenvalue weighted by Gasteiger charge is 2.64. The molecule has 2 saturated carbocycles. The molecule has 0 bridgehead atoms. The Bertz CT molecular complexity index is 549. The van der Waals surface area contributed by atoms with Gasteiger partial charge in [-0.1, -0.05) is 0 Å². The monoisotopic (exact) mass is 322 g/mol. The summed E-state index contributed by atoms with van der Waals surface area (Å²) in [7, 11) is 0. The Hall–Kier alpha value is -1.18. The van der Waals surface area contributed by atoms with Crippen LogP contribution < -0.4 is 5.32 Å².